The van der Waals surface area contributed by atoms with Gasteiger partial charge in [-0.2, -0.15) is 0 Å². The molecule has 12 heteroatoms. The number of carbonyl (C=O) groups excluding carboxylic acids is 4. The molecule has 4 rings (SSSR count). The van der Waals surface area contributed by atoms with Crippen LogP contribution < -0.4 is 10.6 Å². The van der Waals surface area contributed by atoms with E-state index in [2.05, 4.69) is 10.6 Å². The summed E-state index contributed by atoms with van der Waals surface area (Å²) < 4.78 is 21.2. The van der Waals surface area contributed by atoms with E-state index in [4.69, 9.17) is 18.9 Å². The summed E-state index contributed by atoms with van der Waals surface area (Å²) >= 11 is 0. The van der Waals surface area contributed by atoms with E-state index in [0.717, 1.165) is 25.7 Å². The number of β-lactam (4-membered cyclic amide) rings is 2. The monoisotopic (exact) mass is 510 g/mol. The van der Waals surface area contributed by atoms with Gasteiger partial charge in [0.15, 0.2) is 22.3 Å². The Morgan fingerprint density at radius 2 is 1.11 bits per heavy atom. The van der Waals surface area contributed by atoms with Gasteiger partial charge in [-0.3, -0.25) is 20.2 Å². The van der Waals surface area contributed by atoms with E-state index in [9.17, 15) is 19.2 Å². The second-order valence-corrected chi connectivity index (χ2v) is 10.5. The third-order valence-corrected chi connectivity index (χ3v) is 8.73. The molecule has 0 aromatic rings. The molecule has 4 heterocycles. The van der Waals surface area contributed by atoms with Gasteiger partial charge in [-0.15, -0.1) is 0 Å². The summed E-state index contributed by atoms with van der Waals surface area (Å²) in [6.45, 7) is 4.03. The van der Waals surface area contributed by atoms with Gasteiger partial charge in [0.2, 0.25) is 0 Å². The summed E-state index contributed by atoms with van der Waals surface area (Å²) in [5, 5.41) is 6.51. The highest BCUT2D eigenvalue weighted by Crippen LogP contribution is 2.47. The van der Waals surface area contributed by atoms with Gasteiger partial charge in [0.1, 0.15) is 12.3 Å². The minimum absolute atomic E-state index is 0.202. The quantitative estimate of drug-likeness (QED) is 0.213. The highest BCUT2D eigenvalue weighted by Gasteiger charge is 2.72. The molecule has 0 aromatic heterocycles. The Balaban J connectivity index is 1.27. The van der Waals surface area contributed by atoms with Crippen molar-refractivity contribution < 1.29 is 38.1 Å². The Morgan fingerprint density at radius 1 is 0.750 bits per heavy atom. The minimum Gasteiger partial charge on any atom is -0.467 e. The van der Waals surface area contributed by atoms with Crippen molar-refractivity contribution in [1.29, 1.82) is 0 Å². The van der Waals surface area contributed by atoms with Gasteiger partial charge >= 0.3 is 11.9 Å². The summed E-state index contributed by atoms with van der Waals surface area (Å²) in [6.07, 6.45) is 3.50. The second-order valence-electron chi connectivity index (χ2n) is 10.5. The number of unbranched alkanes of at least 4 members (excludes halogenated alkanes) is 3. The average Bonchev–Trinajstić information content (AvgIpc) is 3.39. The molecule has 4 saturated heterocycles. The van der Waals surface area contributed by atoms with Crippen LogP contribution in [0.5, 0.6) is 0 Å². The number of nitrogens with zero attached hydrogens (tertiary/aromatic N) is 2. The molecule has 6 atom stereocenters. The third-order valence-electron chi connectivity index (χ3n) is 8.73. The van der Waals surface area contributed by atoms with Crippen LogP contribution in [0.25, 0.3) is 0 Å². The maximum atomic E-state index is 13.1. The van der Waals surface area contributed by atoms with Crippen molar-refractivity contribution in [2.75, 3.05) is 41.5 Å². The lowest BCUT2D eigenvalue weighted by atomic mass is 9.79. The van der Waals surface area contributed by atoms with Crippen molar-refractivity contribution in [3.63, 3.8) is 0 Å². The minimum atomic E-state index is -1.03. The van der Waals surface area contributed by atoms with E-state index >= 15 is 0 Å². The lowest BCUT2D eigenvalue weighted by molar-refractivity contribution is -0.210. The number of hydrogen-bond acceptors (Lipinski definition) is 10. The Kier molecular flexibility index (Phi) is 6.87. The Labute approximate surface area is 211 Å². The first-order valence-electron chi connectivity index (χ1n) is 12.5. The van der Waals surface area contributed by atoms with E-state index in [1.54, 1.807) is 13.8 Å². The van der Waals surface area contributed by atoms with Gasteiger partial charge < -0.3 is 28.7 Å². The molecule has 4 aliphatic rings. The van der Waals surface area contributed by atoms with Crippen molar-refractivity contribution in [3.8, 4) is 0 Å². The summed E-state index contributed by atoms with van der Waals surface area (Å²) in [5.41, 5.74) is -4.05. The molecule has 2 N–H and O–H groups in total. The number of amides is 2. The molecule has 0 bridgehead atoms. The molecule has 12 nitrogen and oxygen atoms in total. The highest BCUT2D eigenvalue weighted by molar-refractivity contribution is 6.00. The molecule has 0 aliphatic carbocycles. The van der Waals surface area contributed by atoms with E-state index in [1.807, 2.05) is 0 Å². The number of ether oxygens (including phenoxy) is 4. The summed E-state index contributed by atoms with van der Waals surface area (Å²) in [7, 11) is 5.69. The van der Waals surface area contributed by atoms with Crippen molar-refractivity contribution in [2.45, 2.75) is 87.0 Å². The van der Waals surface area contributed by atoms with Gasteiger partial charge in [0.25, 0.3) is 11.8 Å². The van der Waals surface area contributed by atoms with Crippen LogP contribution in [-0.4, -0.2) is 110 Å². The van der Waals surface area contributed by atoms with Gasteiger partial charge in [0.05, 0.1) is 14.2 Å². The first kappa shape index (κ1) is 26.8. The smallest absolute Gasteiger partial charge is 0.332 e. The fourth-order valence-corrected chi connectivity index (χ4v) is 6.45. The Bertz CT molecular complexity index is 873. The van der Waals surface area contributed by atoms with Crippen LogP contribution >= 0.6 is 0 Å². The topological polar surface area (TPSA) is 136 Å². The number of carbonyl (C=O) groups is 4. The lowest BCUT2D eigenvalue weighted by Gasteiger charge is -2.55. The molecule has 2 amide bonds. The molecule has 0 aromatic carbocycles. The predicted octanol–water partition coefficient (Wildman–Crippen LogP) is -0.496. The summed E-state index contributed by atoms with van der Waals surface area (Å²) in [6, 6.07) is 0. The first-order valence-corrected chi connectivity index (χ1v) is 12.5. The second kappa shape index (κ2) is 9.23. The number of methoxy groups -OCH3 is 4. The zero-order valence-corrected chi connectivity index (χ0v) is 22.0. The molecule has 36 heavy (non-hydrogen) atoms. The van der Waals surface area contributed by atoms with Crippen molar-refractivity contribution in [3.05, 3.63) is 0 Å². The van der Waals surface area contributed by atoms with Crippen LogP contribution in [0.4, 0.5) is 0 Å². The van der Waals surface area contributed by atoms with E-state index in [1.165, 1.54) is 38.2 Å². The summed E-state index contributed by atoms with van der Waals surface area (Å²) in [5.74, 6) is -1.30. The molecule has 0 spiro atoms. The van der Waals surface area contributed by atoms with E-state index < -0.39 is 34.2 Å². The molecular formula is C24H38N4O8. The van der Waals surface area contributed by atoms with E-state index in [-0.39, 0.29) is 24.1 Å². The van der Waals surface area contributed by atoms with Crippen LogP contribution in [0.15, 0.2) is 0 Å². The van der Waals surface area contributed by atoms with Crippen molar-refractivity contribution >= 4 is 23.8 Å². The largest absolute Gasteiger partial charge is 0.467 e. The lowest BCUT2D eigenvalue weighted by Crippen LogP contribution is -2.79. The normalized spacial score (nSPS) is 38.8. The fourth-order valence-electron chi connectivity index (χ4n) is 6.45. The molecule has 2 unspecified atom stereocenters. The third kappa shape index (κ3) is 3.34. The van der Waals surface area contributed by atoms with Crippen LogP contribution in [0, 0.1) is 0 Å². The van der Waals surface area contributed by atoms with Crippen molar-refractivity contribution in [1.82, 2.24) is 20.4 Å². The maximum absolute atomic E-state index is 13.1. The zero-order valence-electron chi connectivity index (χ0n) is 22.0. The van der Waals surface area contributed by atoms with Gasteiger partial charge in [0, 0.05) is 27.3 Å². The standard InChI is InChI=1S/C24H38N4O8/c1-21(19(31)33-3)13-25-15-23(35-5,17(29)27(15)21)11-9-7-8-10-12-24(36-6)16-26-14-22(2,20(32)34-4)28(16)18(24)30/h15-16,25-26H,7-14H2,1-6H3/t15?,16?,21-,22-,23-,24-/m0/s1. The van der Waals surface area contributed by atoms with Crippen LogP contribution in [-0.2, 0) is 38.1 Å². The number of fused-ring (bicyclic) bond motifs is 2. The predicted molar refractivity (Wildman–Crippen MR) is 125 cm³/mol. The molecule has 4 fully saturated rings. The van der Waals surface area contributed by atoms with Crippen LogP contribution in [0.1, 0.15) is 52.4 Å². The highest BCUT2D eigenvalue weighted by atomic mass is 16.5. The molecule has 4 aliphatic heterocycles. The van der Waals surface area contributed by atoms with E-state index in [0.29, 0.717) is 25.9 Å². The Hall–Kier alpha value is -2.28. The summed E-state index contributed by atoms with van der Waals surface area (Å²) in [4.78, 5) is 53.8. The van der Waals surface area contributed by atoms with Gasteiger partial charge in [-0.1, -0.05) is 12.8 Å². The fraction of sp³-hybridized carbons (Fsp3) is 0.833. The number of esters is 2. The first-order chi connectivity index (χ1) is 17.0. The number of nitrogens with one attached hydrogen (secondary N) is 2. The number of rotatable bonds is 11. The van der Waals surface area contributed by atoms with Crippen LogP contribution in [0.2, 0.25) is 0 Å². The SMILES string of the molecule is COC(=O)[C@]1(C)CNC2N1C(=O)[C@@]2(CCCCCC[C@@]1(OC)C(=O)N2C1NC[C@@]2(C)C(=O)OC)OC. The molecule has 0 saturated carbocycles. The van der Waals surface area contributed by atoms with Gasteiger partial charge in [-0.25, -0.2) is 9.59 Å². The molecule has 202 valence electrons. The van der Waals surface area contributed by atoms with Crippen molar-refractivity contribution in [2.24, 2.45) is 0 Å². The number of hydrogen-bond donors (Lipinski definition) is 2. The molecule has 0 radical (unpaired) electrons. The average molecular weight is 511 g/mol. The molecular weight excluding hydrogens is 472 g/mol. The zero-order chi connectivity index (χ0) is 26.5. The van der Waals surface area contributed by atoms with Crippen LogP contribution in [0.3, 0.4) is 0 Å². The Morgan fingerprint density at radius 3 is 1.42 bits per heavy atom. The van der Waals surface area contributed by atoms with Gasteiger partial charge in [-0.05, 0) is 39.5 Å². The maximum Gasteiger partial charge on any atom is 0.332 e.